The average Bonchev–Trinajstić information content (AvgIpc) is 3.30. The molecule has 0 aliphatic rings. The van der Waals surface area contributed by atoms with E-state index in [1.165, 1.54) is 0 Å². The van der Waals surface area contributed by atoms with Gasteiger partial charge in [0.15, 0.2) is 0 Å². The van der Waals surface area contributed by atoms with Gasteiger partial charge in [-0.1, -0.05) is 42.2 Å². The molecule has 0 bridgehead atoms. The number of hydrogen-bond donors (Lipinski definition) is 3. The maximum Gasteiger partial charge on any atom is 0.255 e. The number of carbonyl (C=O) groups excluding carboxylic acids is 1. The van der Waals surface area contributed by atoms with Gasteiger partial charge in [-0.2, -0.15) is 0 Å². The Morgan fingerprint density at radius 3 is 2.58 bits per heavy atom. The Kier molecular flexibility index (Phi) is 7.94. The number of ether oxygens (including phenoxy) is 2. The van der Waals surface area contributed by atoms with Crippen LogP contribution in [0.15, 0.2) is 72.9 Å². The minimum atomic E-state index is -0.466. The molecule has 0 spiro atoms. The minimum absolute atomic E-state index is 0.109. The molecule has 6 heteroatoms. The summed E-state index contributed by atoms with van der Waals surface area (Å²) in [6, 6.07) is 20.3. The zero-order valence-electron chi connectivity index (χ0n) is 20.7. The van der Waals surface area contributed by atoms with Gasteiger partial charge in [-0.25, -0.2) is 0 Å². The summed E-state index contributed by atoms with van der Waals surface area (Å²) in [5, 5.41) is 14.1. The number of rotatable bonds is 8. The van der Waals surface area contributed by atoms with E-state index in [-0.39, 0.29) is 18.6 Å². The van der Waals surface area contributed by atoms with Crippen molar-refractivity contribution < 1.29 is 19.4 Å². The van der Waals surface area contributed by atoms with E-state index in [0.29, 0.717) is 29.0 Å². The van der Waals surface area contributed by atoms with Crippen LogP contribution in [-0.2, 0) is 6.42 Å². The van der Waals surface area contributed by atoms with Gasteiger partial charge in [0.2, 0.25) is 0 Å². The number of fused-ring (bicyclic) bond motifs is 1. The Morgan fingerprint density at radius 1 is 1.03 bits per heavy atom. The fourth-order valence-electron chi connectivity index (χ4n) is 4.02. The molecule has 6 nitrogen and oxygen atoms in total. The number of aliphatic hydroxyl groups is 1. The molecule has 1 atom stereocenters. The molecule has 1 aromatic heterocycles. The van der Waals surface area contributed by atoms with Crippen LogP contribution in [0, 0.1) is 11.8 Å². The Morgan fingerprint density at radius 2 is 1.81 bits per heavy atom. The van der Waals surface area contributed by atoms with E-state index in [9.17, 15) is 9.90 Å². The van der Waals surface area contributed by atoms with Crippen LogP contribution in [0.3, 0.4) is 0 Å². The van der Waals surface area contributed by atoms with Crippen molar-refractivity contribution >= 4 is 16.8 Å². The van der Waals surface area contributed by atoms with Crippen molar-refractivity contribution in [2.75, 3.05) is 13.7 Å². The molecule has 3 N–H and O–H groups in total. The first-order chi connectivity index (χ1) is 17.5. The number of aromatic nitrogens is 1. The van der Waals surface area contributed by atoms with Crippen molar-refractivity contribution in [1.82, 2.24) is 10.3 Å². The molecule has 0 aliphatic carbocycles. The van der Waals surface area contributed by atoms with E-state index in [0.717, 1.165) is 22.0 Å². The fourth-order valence-corrected chi connectivity index (χ4v) is 4.02. The van der Waals surface area contributed by atoms with Gasteiger partial charge < -0.3 is 24.9 Å². The van der Waals surface area contributed by atoms with Crippen molar-refractivity contribution in [3.63, 3.8) is 0 Å². The fraction of sp³-hybridized carbons (Fsp3) is 0.233. The summed E-state index contributed by atoms with van der Waals surface area (Å²) >= 11 is 0. The van der Waals surface area contributed by atoms with E-state index in [4.69, 9.17) is 9.47 Å². The van der Waals surface area contributed by atoms with E-state index >= 15 is 0 Å². The van der Waals surface area contributed by atoms with Crippen LogP contribution in [-0.4, -0.2) is 41.9 Å². The van der Waals surface area contributed by atoms with Gasteiger partial charge in [0.05, 0.1) is 37.0 Å². The first kappa shape index (κ1) is 24.9. The van der Waals surface area contributed by atoms with Crippen LogP contribution in [0.2, 0.25) is 0 Å². The number of benzene rings is 3. The number of methoxy groups -OCH3 is 1. The molecule has 184 valence electrons. The number of carbonyl (C=O) groups is 1. The van der Waals surface area contributed by atoms with Crippen LogP contribution in [0.4, 0.5) is 0 Å². The molecule has 0 aliphatic heterocycles. The lowest BCUT2D eigenvalue weighted by atomic mass is 10.0. The van der Waals surface area contributed by atoms with Crippen LogP contribution in [0.1, 0.15) is 40.9 Å². The molecule has 1 amide bonds. The summed E-state index contributed by atoms with van der Waals surface area (Å²) < 4.78 is 11.3. The third kappa shape index (κ3) is 5.88. The van der Waals surface area contributed by atoms with Crippen molar-refractivity contribution in [2.24, 2.45) is 0 Å². The van der Waals surface area contributed by atoms with Crippen molar-refractivity contribution in [2.45, 2.75) is 32.4 Å². The third-order valence-corrected chi connectivity index (χ3v) is 5.73. The lowest BCUT2D eigenvalue weighted by Gasteiger charge is -2.19. The summed E-state index contributed by atoms with van der Waals surface area (Å²) in [7, 11) is 1.61. The Bertz CT molecular complexity index is 1410. The number of nitrogens with one attached hydrogen (secondary N) is 2. The normalized spacial score (nSPS) is 11.6. The largest absolute Gasteiger partial charge is 0.495 e. The first-order valence-electron chi connectivity index (χ1n) is 11.9. The van der Waals surface area contributed by atoms with Gasteiger partial charge in [-0.3, -0.25) is 4.79 Å². The molecule has 36 heavy (non-hydrogen) atoms. The standard InChI is InChI=1S/C30H30N2O4/c1-20(2)36-29-15-13-21(12-14-22-8-4-7-11-28(22)35-3)16-26(29)30(34)32-24(19-33)17-23-18-31-27-10-6-5-9-25(23)27/h4-11,13,15-16,18,20,24,31,33H,17,19H2,1-3H3,(H,32,34)/t24-/m1/s1. The summed E-state index contributed by atoms with van der Waals surface area (Å²) in [5.41, 5.74) is 3.84. The van der Waals surface area contributed by atoms with Gasteiger partial charge in [0.25, 0.3) is 5.91 Å². The van der Waals surface area contributed by atoms with Gasteiger partial charge >= 0.3 is 0 Å². The topological polar surface area (TPSA) is 83.6 Å². The summed E-state index contributed by atoms with van der Waals surface area (Å²) in [4.78, 5) is 16.6. The zero-order valence-corrected chi connectivity index (χ0v) is 20.7. The number of H-pyrrole nitrogens is 1. The van der Waals surface area contributed by atoms with Crippen molar-refractivity contribution in [1.29, 1.82) is 0 Å². The second-order valence-corrected chi connectivity index (χ2v) is 8.74. The summed E-state index contributed by atoms with van der Waals surface area (Å²) in [5.74, 6) is 7.06. The van der Waals surface area contributed by atoms with E-state index < -0.39 is 6.04 Å². The van der Waals surface area contributed by atoms with Gasteiger partial charge in [-0.15, -0.1) is 0 Å². The minimum Gasteiger partial charge on any atom is -0.495 e. The summed E-state index contributed by atoms with van der Waals surface area (Å²) in [6.07, 6.45) is 2.29. The van der Waals surface area contributed by atoms with Gasteiger partial charge in [0, 0.05) is 22.7 Å². The van der Waals surface area contributed by atoms with E-state index in [1.54, 1.807) is 19.2 Å². The van der Waals surface area contributed by atoms with Crippen LogP contribution in [0.5, 0.6) is 11.5 Å². The van der Waals surface area contributed by atoms with Crippen LogP contribution in [0.25, 0.3) is 10.9 Å². The van der Waals surface area contributed by atoms with Crippen LogP contribution < -0.4 is 14.8 Å². The maximum atomic E-state index is 13.4. The predicted molar refractivity (Wildman–Crippen MR) is 142 cm³/mol. The quantitative estimate of drug-likeness (QED) is 0.318. The molecule has 0 saturated heterocycles. The molecule has 0 fully saturated rings. The molecule has 4 rings (SSSR count). The highest BCUT2D eigenvalue weighted by Gasteiger charge is 2.19. The third-order valence-electron chi connectivity index (χ3n) is 5.73. The number of para-hydroxylation sites is 2. The van der Waals surface area contributed by atoms with Gasteiger partial charge in [-0.05, 0) is 62.2 Å². The number of aliphatic hydroxyl groups excluding tert-OH is 1. The van der Waals surface area contributed by atoms with E-state index in [2.05, 4.69) is 22.1 Å². The maximum absolute atomic E-state index is 13.4. The molecule has 0 radical (unpaired) electrons. The van der Waals surface area contributed by atoms with Crippen molar-refractivity contribution in [3.8, 4) is 23.3 Å². The highest BCUT2D eigenvalue weighted by atomic mass is 16.5. The SMILES string of the molecule is COc1ccccc1C#Cc1ccc(OC(C)C)c(C(=O)N[C@@H](CO)Cc2c[nH]c3ccccc23)c1. The predicted octanol–water partition coefficient (Wildman–Crippen LogP) is 4.70. The first-order valence-corrected chi connectivity index (χ1v) is 11.9. The number of amides is 1. The van der Waals surface area contributed by atoms with Crippen LogP contribution >= 0.6 is 0 Å². The Balaban J connectivity index is 1.59. The summed E-state index contributed by atoms with van der Waals surface area (Å²) in [6.45, 7) is 3.62. The number of hydrogen-bond acceptors (Lipinski definition) is 4. The second kappa shape index (κ2) is 11.5. The monoisotopic (exact) mass is 482 g/mol. The second-order valence-electron chi connectivity index (χ2n) is 8.74. The number of aromatic amines is 1. The smallest absolute Gasteiger partial charge is 0.255 e. The highest BCUT2D eigenvalue weighted by molar-refractivity contribution is 5.97. The molecular formula is C30H30N2O4. The highest BCUT2D eigenvalue weighted by Crippen LogP contribution is 2.23. The van der Waals surface area contributed by atoms with Gasteiger partial charge in [0.1, 0.15) is 11.5 Å². The molecule has 0 unspecified atom stereocenters. The average molecular weight is 483 g/mol. The molecule has 3 aromatic carbocycles. The van der Waals surface area contributed by atoms with Crippen molar-refractivity contribution in [3.05, 3.63) is 95.2 Å². The molecular weight excluding hydrogens is 452 g/mol. The molecule has 0 saturated carbocycles. The lowest BCUT2D eigenvalue weighted by Crippen LogP contribution is -2.39. The Hall–Kier alpha value is -4.21. The van der Waals surface area contributed by atoms with E-state index in [1.807, 2.05) is 74.6 Å². The molecule has 1 heterocycles. The Labute approximate surface area is 211 Å². The zero-order chi connectivity index (χ0) is 25.5. The molecule has 4 aromatic rings. The lowest BCUT2D eigenvalue weighted by molar-refractivity contribution is 0.0910.